The zero-order valence-corrected chi connectivity index (χ0v) is 7.37. The molecular weight excluding hydrogens is 168 g/mol. The maximum Gasteiger partial charge on any atom is 0.267 e. The average Bonchev–Trinajstić information content (AvgIpc) is 2.60. The number of aryl methyl sites for hydroxylation is 1. The highest BCUT2D eigenvalue weighted by Gasteiger charge is 2.23. The van der Waals surface area contributed by atoms with Crippen LogP contribution in [0.5, 0.6) is 0 Å². The summed E-state index contributed by atoms with van der Waals surface area (Å²) >= 11 is 0. The maximum absolute atomic E-state index is 11.3. The zero-order valence-electron chi connectivity index (χ0n) is 7.37. The molecule has 0 saturated carbocycles. The van der Waals surface area contributed by atoms with Crippen LogP contribution in [-0.2, 0) is 0 Å². The molecule has 2 unspecified atom stereocenters. The molecule has 0 aromatic carbocycles. The topological polar surface area (TPSA) is 68.9 Å². The molecule has 0 spiro atoms. The molecule has 0 bridgehead atoms. The Morgan fingerprint density at radius 1 is 1.46 bits per heavy atom. The summed E-state index contributed by atoms with van der Waals surface area (Å²) in [6.07, 6.45) is 3.83. The third-order valence-corrected chi connectivity index (χ3v) is 2.44. The minimum absolute atomic E-state index is 0.0602. The first-order valence-corrected chi connectivity index (χ1v) is 4.32. The second-order valence-corrected chi connectivity index (χ2v) is 3.41. The number of H-pyrrole nitrogens is 2. The minimum Gasteiger partial charge on any atom is -0.389 e. The molecule has 1 aromatic rings. The molecule has 4 nitrogen and oxygen atoms in total. The standard InChI is InChI=1S/C9H12N2O2/c1-5-8(9(13)11-10-5)6-2-3-7(12)4-6/h2-3,6-7,12H,4H2,1H3,(H2,10,11,13). The molecule has 0 aliphatic heterocycles. The van der Waals surface area contributed by atoms with Crippen molar-refractivity contribution in [2.75, 3.05) is 0 Å². The minimum atomic E-state index is -0.404. The van der Waals surface area contributed by atoms with Crippen LogP contribution >= 0.6 is 0 Å². The lowest BCUT2D eigenvalue weighted by atomic mass is 9.99. The molecule has 0 amide bonds. The van der Waals surface area contributed by atoms with Gasteiger partial charge in [0.15, 0.2) is 0 Å². The maximum atomic E-state index is 11.3. The molecule has 1 aromatic heterocycles. The van der Waals surface area contributed by atoms with Gasteiger partial charge in [-0.25, -0.2) is 0 Å². The summed E-state index contributed by atoms with van der Waals surface area (Å²) < 4.78 is 0. The number of aromatic amines is 2. The van der Waals surface area contributed by atoms with Gasteiger partial charge in [-0.1, -0.05) is 12.2 Å². The van der Waals surface area contributed by atoms with Gasteiger partial charge < -0.3 is 10.2 Å². The molecule has 0 radical (unpaired) electrons. The Labute approximate surface area is 75.3 Å². The Morgan fingerprint density at radius 2 is 2.23 bits per heavy atom. The van der Waals surface area contributed by atoms with Gasteiger partial charge in [0.1, 0.15) is 0 Å². The molecular formula is C9H12N2O2. The molecule has 2 rings (SSSR count). The van der Waals surface area contributed by atoms with Crippen molar-refractivity contribution < 1.29 is 5.11 Å². The van der Waals surface area contributed by atoms with E-state index in [2.05, 4.69) is 10.2 Å². The molecule has 13 heavy (non-hydrogen) atoms. The lowest BCUT2D eigenvalue weighted by Crippen LogP contribution is -2.11. The van der Waals surface area contributed by atoms with Crippen molar-refractivity contribution in [3.05, 3.63) is 33.8 Å². The van der Waals surface area contributed by atoms with Crippen LogP contribution in [0, 0.1) is 6.92 Å². The summed E-state index contributed by atoms with van der Waals surface area (Å²) in [7, 11) is 0. The number of hydrogen-bond acceptors (Lipinski definition) is 2. The predicted octanol–water partition coefficient (Wildman–Crippen LogP) is 0.416. The van der Waals surface area contributed by atoms with Crippen molar-refractivity contribution in [2.45, 2.75) is 25.4 Å². The number of aliphatic hydroxyl groups is 1. The fourth-order valence-corrected chi connectivity index (χ4v) is 1.80. The first-order valence-electron chi connectivity index (χ1n) is 4.32. The Kier molecular flexibility index (Phi) is 1.84. The molecule has 0 fully saturated rings. The number of aliphatic hydroxyl groups excluding tert-OH is 1. The van der Waals surface area contributed by atoms with Crippen LogP contribution in [0.15, 0.2) is 16.9 Å². The third kappa shape index (κ3) is 1.33. The molecule has 1 aliphatic rings. The van der Waals surface area contributed by atoms with E-state index in [1.165, 1.54) is 0 Å². The number of aromatic nitrogens is 2. The van der Waals surface area contributed by atoms with E-state index in [0.717, 1.165) is 11.3 Å². The van der Waals surface area contributed by atoms with Crippen LogP contribution in [0.4, 0.5) is 0 Å². The lowest BCUT2D eigenvalue weighted by molar-refractivity contribution is 0.218. The van der Waals surface area contributed by atoms with E-state index in [4.69, 9.17) is 0 Å². The van der Waals surface area contributed by atoms with E-state index in [1.807, 2.05) is 13.0 Å². The fraction of sp³-hybridized carbons (Fsp3) is 0.444. The van der Waals surface area contributed by atoms with E-state index in [1.54, 1.807) is 6.08 Å². The summed E-state index contributed by atoms with van der Waals surface area (Å²) in [5.74, 6) is 0.0602. The number of allylic oxidation sites excluding steroid dienone is 1. The quantitative estimate of drug-likeness (QED) is 0.548. The van der Waals surface area contributed by atoms with Gasteiger partial charge in [-0.05, 0) is 13.3 Å². The van der Waals surface area contributed by atoms with E-state index >= 15 is 0 Å². The first-order chi connectivity index (χ1) is 6.18. The Bertz CT molecular complexity index is 389. The van der Waals surface area contributed by atoms with Crippen molar-refractivity contribution in [2.24, 2.45) is 0 Å². The van der Waals surface area contributed by atoms with Crippen molar-refractivity contribution in [3.63, 3.8) is 0 Å². The van der Waals surface area contributed by atoms with Crippen LogP contribution in [0.1, 0.15) is 23.6 Å². The van der Waals surface area contributed by atoms with Gasteiger partial charge in [0.2, 0.25) is 0 Å². The lowest BCUT2D eigenvalue weighted by Gasteiger charge is -2.05. The van der Waals surface area contributed by atoms with Crippen molar-refractivity contribution in [3.8, 4) is 0 Å². The van der Waals surface area contributed by atoms with Crippen LogP contribution in [0.2, 0.25) is 0 Å². The Hall–Kier alpha value is -1.29. The summed E-state index contributed by atoms with van der Waals surface area (Å²) in [6.45, 7) is 1.85. The molecule has 3 N–H and O–H groups in total. The Morgan fingerprint density at radius 3 is 2.69 bits per heavy atom. The largest absolute Gasteiger partial charge is 0.389 e. The molecule has 4 heteroatoms. The number of rotatable bonds is 1. The van der Waals surface area contributed by atoms with Gasteiger partial charge >= 0.3 is 0 Å². The van der Waals surface area contributed by atoms with Crippen LogP contribution < -0.4 is 5.56 Å². The summed E-state index contributed by atoms with van der Waals surface area (Å²) in [4.78, 5) is 11.3. The average molecular weight is 180 g/mol. The Balaban J connectivity index is 2.37. The molecule has 0 saturated heterocycles. The number of hydrogen-bond donors (Lipinski definition) is 3. The van der Waals surface area contributed by atoms with E-state index < -0.39 is 6.10 Å². The predicted molar refractivity (Wildman–Crippen MR) is 48.7 cm³/mol. The molecule has 1 aliphatic carbocycles. The normalized spacial score (nSPS) is 26.9. The van der Waals surface area contributed by atoms with E-state index in [-0.39, 0.29) is 11.5 Å². The van der Waals surface area contributed by atoms with Gasteiger partial charge in [0.25, 0.3) is 5.56 Å². The van der Waals surface area contributed by atoms with Gasteiger partial charge in [-0.2, -0.15) is 0 Å². The van der Waals surface area contributed by atoms with Gasteiger partial charge in [-0.3, -0.25) is 9.89 Å². The highest BCUT2D eigenvalue weighted by Crippen LogP contribution is 2.27. The van der Waals surface area contributed by atoms with Crippen LogP contribution in [0.3, 0.4) is 0 Å². The van der Waals surface area contributed by atoms with Gasteiger partial charge in [-0.15, -0.1) is 0 Å². The van der Waals surface area contributed by atoms with Gasteiger partial charge in [0.05, 0.1) is 6.10 Å². The molecule has 1 heterocycles. The second-order valence-electron chi connectivity index (χ2n) is 3.41. The third-order valence-electron chi connectivity index (χ3n) is 2.44. The SMILES string of the molecule is Cc1[nH][nH]c(=O)c1C1C=CC(O)C1. The smallest absolute Gasteiger partial charge is 0.267 e. The van der Waals surface area contributed by atoms with Crippen molar-refractivity contribution in [1.82, 2.24) is 10.2 Å². The van der Waals surface area contributed by atoms with Crippen molar-refractivity contribution in [1.29, 1.82) is 0 Å². The van der Waals surface area contributed by atoms with Crippen molar-refractivity contribution >= 4 is 0 Å². The zero-order chi connectivity index (χ0) is 9.42. The van der Waals surface area contributed by atoms with Crippen LogP contribution in [0.25, 0.3) is 0 Å². The van der Waals surface area contributed by atoms with E-state index in [9.17, 15) is 9.90 Å². The monoisotopic (exact) mass is 180 g/mol. The summed E-state index contributed by atoms with van der Waals surface area (Å²) in [6, 6.07) is 0. The fourth-order valence-electron chi connectivity index (χ4n) is 1.80. The highest BCUT2D eigenvalue weighted by atomic mass is 16.3. The first kappa shape index (κ1) is 8.31. The highest BCUT2D eigenvalue weighted by molar-refractivity contribution is 5.28. The second kappa shape index (κ2) is 2.88. The molecule has 2 atom stereocenters. The molecule has 70 valence electrons. The summed E-state index contributed by atoms with van der Waals surface area (Å²) in [5.41, 5.74) is 1.52. The van der Waals surface area contributed by atoms with Crippen LogP contribution in [-0.4, -0.2) is 21.4 Å². The van der Waals surface area contributed by atoms with Gasteiger partial charge in [0, 0.05) is 17.2 Å². The number of nitrogens with one attached hydrogen (secondary N) is 2. The summed E-state index contributed by atoms with van der Waals surface area (Å²) in [5, 5.41) is 14.6. The van der Waals surface area contributed by atoms with E-state index in [0.29, 0.717) is 6.42 Å².